The number of nitrogens with two attached hydrogens (primary N) is 1. The van der Waals surface area contributed by atoms with Crippen LogP contribution in [-0.2, 0) is 7.05 Å². The maximum atomic E-state index is 11.7. The summed E-state index contributed by atoms with van der Waals surface area (Å²) in [5.74, 6) is 0.130. The highest BCUT2D eigenvalue weighted by molar-refractivity contribution is 5.94. The Morgan fingerprint density at radius 3 is 2.86 bits per heavy atom. The zero-order valence-electron chi connectivity index (χ0n) is 7.58. The lowest BCUT2D eigenvalue weighted by Crippen LogP contribution is -2.14. The lowest BCUT2D eigenvalue weighted by molar-refractivity contribution is 0.0950. The predicted molar refractivity (Wildman–Crippen MR) is 49.6 cm³/mol. The minimum atomic E-state index is -0.200. The molecular formula is C8H9N5O. The number of carbonyl (C=O) groups is 1. The summed E-state index contributed by atoms with van der Waals surface area (Å²) in [6.45, 7) is 0. The van der Waals surface area contributed by atoms with E-state index < -0.39 is 0 Å². The largest absolute Gasteiger partial charge is 0.382 e. The van der Waals surface area contributed by atoms with Gasteiger partial charge < -0.3 is 5.73 Å². The average Bonchev–Trinajstić information content (AvgIpc) is 2.73. The predicted octanol–water partition coefficient (Wildman–Crippen LogP) is -0.113. The Labute approximate surface area is 80.0 Å². The van der Waals surface area contributed by atoms with Crippen LogP contribution < -0.4 is 5.73 Å². The monoisotopic (exact) mass is 191 g/mol. The number of hydrogen-bond donors (Lipinski definition) is 1. The van der Waals surface area contributed by atoms with Crippen LogP contribution in [0.5, 0.6) is 0 Å². The number of nitrogen functional groups attached to an aromatic ring is 1. The van der Waals surface area contributed by atoms with Crippen LogP contribution in [0.15, 0.2) is 24.8 Å². The highest BCUT2D eigenvalue weighted by atomic mass is 16.2. The van der Waals surface area contributed by atoms with Crippen molar-refractivity contribution in [2.75, 3.05) is 5.73 Å². The van der Waals surface area contributed by atoms with Gasteiger partial charge in [-0.05, 0) is 0 Å². The second-order valence-corrected chi connectivity index (χ2v) is 2.85. The van der Waals surface area contributed by atoms with Crippen molar-refractivity contribution in [3.05, 3.63) is 30.5 Å². The van der Waals surface area contributed by atoms with E-state index in [0.717, 1.165) is 0 Å². The summed E-state index contributed by atoms with van der Waals surface area (Å²) in [7, 11) is 1.67. The molecule has 14 heavy (non-hydrogen) atoms. The molecule has 0 amide bonds. The van der Waals surface area contributed by atoms with Crippen LogP contribution in [0.1, 0.15) is 10.5 Å². The number of imidazole rings is 1. The first kappa shape index (κ1) is 8.49. The first-order valence-electron chi connectivity index (χ1n) is 4.00. The molecule has 2 N–H and O–H groups in total. The normalized spacial score (nSPS) is 10.4. The van der Waals surface area contributed by atoms with Crippen molar-refractivity contribution in [3.63, 3.8) is 0 Å². The fourth-order valence-electron chi connectivity index (χ4n) is 1.20. The molecule has 0 saturated carbocycles. The van der Waals surface area contributed by atoms with Gasteiger partial charge >= 0.3 is 0 Å². The number of aryl methyl sites for hydroxylation is 1. The van der Waals surface area contributed by atoms with E-state index in [2.05, 4.69) is 10.1 Å². The van der Waals surface area contributed by atoms with Gasteiger partial charge in [-0.2, -0.15) is 5.10 Å². The van der Waals surface area contributed by atoms with E-state index in [0.29, 0.717) is 11.5 Å². The maximum Gasteiger partial charge on any atom is 0.281 e. The SMILES string of the molecule is Cn1nc(N)cc1C(=O)n1ccnc1. The molecule has 0 aliphatic heterocycles. The van der Waals surface area contributed by atoms with Gasteiger partial charge in [0.2, 0.25) is 0 Å². The Morgan fingerprint density at radius 2 is 2.36 bits per heavy atom. The lowest BCUT2D eigenvalue weighted by atomic mass is 10.4. The second-order valence-electron chi connectivity index (χ2n) is 2.85. The zero-order valence-corrected chi connectivity index (χ0v) is 7.58. The highest BCUT2D eigenvalue weighted by Gasteiger charge is 2.13. The molecule has 0 aliphatic carbocycles. The van der Waals surface area contributed by atoms with Crippen molar-refractivity contribution in [2.24, 2.45) is 7.05 Å². The molecule has 0 radical (unpaired) electrons. The lowest BCUT2D eigenvalue weighted by Gasteiger charge is -1.99. The fourth-order valence-corrected chi connectivity index (χ4v) is 1.20. The van der Waals surface area contributed by atoms with Crippen LogP contribution in [0.2, 0.25) is 0 Å². The molecule has 2 heterocycles. The summed E-state index contributed by atoms with van der Waals surface area (Å²) in [5, 5.41) is 3.88. The van der Waals surface area contributed by atoms with E-state index in [1.165, 1.54) is 27.8 Å². The van der Waals surface area contributed by atoms with Crippen LogP contribution in [0.3, 0.4) is 0 Å². The maximum absolute atomic E-state index is 11.7. The third-order valence-electron chi connectivity index (χ3n) is 1.86. The van der Waals surface area contributed by atoms with Crippen molar-refractivity contribution < 1.29 is 4.79 Å². The Kier molecular flexibility index (Phi) is 1.81. The van der Waals surface area contributed by atoms with Crippen molar-refractivity contribution in [1.82, 2.24) is 19.3 Å². The molecule has 2 aromatic rings. The molecule has 2 aromatic heterocycles. The zero-order chi connectivity index (χ0) is 10.1. The smallest absolute Gasteiger partial charge is 0.281 e. The van der Waals surface area contributed by atoms with Crippen molar-refractivity contribution in [1.29, 1.82) is 0 Å². The summed E-state index contributed by atoms with van der Waals surface area (Å²) in [5.41, 5.74) is 5.89. The van der Waals surface area contributed by atoms with Gasteiger partial charge in [0.05, 0.1) is 0 Å². The number of rotatable bonds is 1. The number of anilines is 1. The van der Waals surface area contributed by atoms with Crippen LogP contribution in [-0.4, -0.2) is 25.2 Å². The summed E-state index contributed by atoms with van der Waals surface area (Å²) >= 11 is 0. The standard InChI is InChI=1S/C8H9N5O/c1-12-6(4-7(9)11-12)8(14)13-3-2-10-5-13/h2-5H,1H3,(H2,9,11). The Morgan fingerprint density at radius 1 is 1.57 bits per heavy atom. The van der Waals surface area contributed by atoms with E-state index in [-0.39, 0.29) is 5.91 Å². The van der Waals surface area contributed by atoms with Crippen molar-refractivity contribution in [3.8, 4) is 0 Å². The number of carbonyl (C=O) groups excluding carboxylic acids is 1. The first-order chi connectivity index (χ1) is 6.68. The van der Waals surface area contributed by atoms with Gasteiger partial charge in [0.1, 0.15) is 17.8 Å². The van der Waals surface area contributed by atoms with Crippen LogP contribution in [0.25, 0.3) is 0 Å². The minimum absolute atomic E-state index is 0.200. The molecule has 2 rings (SSSR count). The molecule has 0 aliphatic rings. The molecule has 0 fully saturated rings. The van der Waals surface area contributed by atoms with Crippen molar-refractivity contribution >= 4 is 11.7 Å². The van der Waals surface area contributed by atoms with E-state index in [4.69, 9.17) is 5.73 Å². The summed E-state index contributed by atoms with van der Waals surface area (Å²) in [6, 6.07) is 1.53. The van der Waals surface area contributed by atoms with E-state index in [9.17, 15) is 4.79 Å². The molecule has 6 heteroatoms. The number of hydrogen-bond acceptors (Lipinski definition) is 4. The molecule has 6 nitrogen and oxygen atoms in total. The van der Waals surface area contributed by atoms with Gasteiger partial charge in [0, 0.05) is 25.5 Å². The van der Waals surface area contributed by atoms with Gasteiger partial charge in [-0.1, -0.05) is 0 Å². The molecule has 72 valence electrons. The van der Waals surface area contributed by atoms with Gasteiger partial charge in [-0.3, -0.25) is 14.0 Å². The first-order valence-corrected chi connectivity index (χ1v) is 4.00. The third kappa shape index (κ3) is 1.26. The average molecular weight is 191 g/mol. The third-order valence-corrected chi connectivity index (χ3v) is 1.86. The van der Waals surface area contributed by atoms with Gasteiger partial charge in [0.15, 0.2) is 0 Å². The molecule has 0 aromatic carbocycles. The molecule has 0 saturated heterocycles. The quantitative estimate of drug-likeness (QED) is 0.682. The van der Waals surface area contributed by atoms with E-state index in [1.54, 1.807) is 13.2 Å². The number of nitrogens with zero attached hydrogens (tertiary/aromatic N) is 4. The highest BCUT2D eigenvalue weighted by Crippen LogP contribution is 2.06. The summed E-state index contributed by atoms with van der Waals surface area (Å²) in [6.07, 6.45) is 4.55. The molecule has 0 unspecified atom stereocenters. The second kappa shape index (κ2) is 2.99. The van der Waals surface area contributed by atoms with Crippen molar-refractivity contribution in [2.45, 2.75) is 0 Å². The van der Waals surface area contributed by atoms with Crippen LogP contribution in [0, 0.1) is 0 Å². The Hall–Kier alpha value is -2.11. The Balaban J connectivity index is 2.41. The topological polar surface area (TPSA) is 78.7 Å². The fraction of sp³-hybridized carbons (Fsp3) is 0.125. The van der Waals surface area contributed by atoms with Gasteiger partial charge in [0.25, 0.3) is 5.91 Å². The van der Waals surface area contributed by atoms with E-state index in [1.807, 2.05) is 0 Å². The molecule has 0 atom stereocenters. The molecule has 0 bridgehead atoms. The van der Waals surface area contributed by atoms with Crippen LogP contribution >= 0.6 is 0 Å². The summed E-state index contributed by atoms with van der Waals surface area (Å²) < 4.78 is 2.81. The Bertz CT molecular complexity index is 456. The van der Waals surface area contributed by atoms with Gasteiger partial charge in [-0.25, -0.2) is 4.98 Å². The molecule has 0 spiro atoms. The molecular weight excluding hydrogens is 182 g/mol. The van der Waals surface area contributed by atoms with Gasteiger partial charge in [-0.15, -0.1) is 0 Å². The number of aromatic nitrogens is 4. The van der Waals surface area contributed by atoms with E-state index >= 15 is 0 Å². The van der Waals surface area contributed by atoms with Crippen LogP contribution in [0.4, 0.5) is 5.82 Å². The minimum Gasteiger partial charge on any atom is -0.382 e. The summed E-state index contributed by atoms with van der Waals surface area (Å²) in [4.78, 5) is 15.5.